The molecule has 2 aliphatic rings. The lowest BCUT2D eigenvalue weighted by atomic mass is 10.0. The van der Waals surface area contributed by atoms with Crippen LogP contribution in [0.3, 0.4) is 0 Å². The summed E-state index contributed by atoms with van der Waals surface area (Å²) in [5, 5.41) is 31.9. The average Bonchev–Trinajstić information content (AvgIpc) is 4.29. The van der Waals surface area contributed by atoms with Crippen LogP contribution in [0.15, 0.2) is 67.0 Å². The SMILES string of the molecule is C#CCOCCOCCOCCNc1nc(N2CCN(C(=O)[C@H](CCCCN)n3cc([C@@H](N)CC(C)C)nn3)CC2)nc(N2CCN(C(=O)[C@H](Cc3cc4ccccc4[nH]3)n3cc([C@@H](N)Cc4ccc(O)cc4)nn3)CC2)n1. The Morgan fingerprint density at radius 3 is 1.95 bits per heavy atom. The molecule has 2 amide bonds. The number of aromatic nitrogens is 10. The number of ether oxygens (including phenoxy) is 3. The molecule has 0 bridgehead atoms. The number of hydrogen-bond donors (Lipinski definition) is 6. The molecule has 0 unspecified atom stereocenters. The second-order valence-corrected chi connectivity index (χ2v) is 20.2. The van der Waals surface area contributed by atoms with Crippen molar-refractivity contribution in [3.63, 3.8) is 0 Å². The van der Waals surface area contributed by atoms with Crippen molar-refractivity contribution < 1.29 is 28.9 Å². The summed E-state index contributed by atoms with van der Waals surface area (Å²) in [5.41, 5.74) is 23.0. The minimum atomic E-state index is -0.721. The number of carbonyl (C=O) groups is 2. The van der Waals surface area contributed by atoms with Crippen LogP contribution in [0.1, 0.15) is 86.3 Å². The quantitative estimate of drug-likeness (QED) is 0.0291. The number of nitrogens with zero attached hydrogens (tertiary/aromatic N) is 13. The summed E-state index contributed by atoms with van der Waals surface area (Å²) in [6, 6.07) is 14.9. The van der Waals surface area contributed by atoms with Crippen molar-refractivity contribution in [3.05, 3.63) is 89.6 Å². The molecular formula is C54H76N18O6. The van der Waals surface area contributed by atoms with E-state index in [4.69, 9.17) is 52.8 Å². The molecule has 24 heteroatoms. The molecule has 418 valence electrons. The molecule has 6 heterocycles. The first-order valence-electron chi connectivity index (χ1n) is 27.1. The Morgan fingerprint density at radius 2 is 1.33 bits per heavy atom. The number of amides is 2. The molecule has 2 aliphatic heterocycles. The van der Waals surface area contributed by atoms with E-state index in [1.54, 1.807) is 27.7 Å². The van der Waals surface area contributed by atoms with E-state index in [0.29, 0.717) is 153 Å². The van der Waals surface area contributed by atoms with Crippen LogP contribution in [0.2, 0.25) is 0 Å². The zero-order chi connectivity index (χ0) is 54.8. The number of aromatic amines is 1. The number of para-hydroxylation sites is 1. The van der Waals surface area contributed by atoms with E-state index in [2.05, 4.69) is 66.6 Å². The Balaban J connectivity index is 0.950. The summed E-state index contributed by atoms with van der Waals surface area (Å²) in [7, 11) is 0. The van der Waals surface area contributed by atoms with Crippen molar-refractivity contribution in [2.45, 2.75) is 76.5 Å². The second-order valence-electron chi connectivity index (χ2n) is 20.2. The minimum absolute atomic E-state index is 0.0312. The van der Waals surface area contributed by atoms with E-state index in [9.17, 15) is 14.7 Å². The standard InChI is InChI=1S/C54H76N18O6/c1-4-26-76-28-30-78-31-29-77-27-17-58-52-60-53(69-22-18-67(19-23-69)50(74)48(11-7-8-16-55)71-36-46(63-65-71)43(56)32-38(2)3)62-54(61-52)70-24-20-68(21-25-70)51(75)49(35-41-34-40-9-5-6-10-45(40)59-41)72-37-47(64-66-72)44(57)33-39-12-14-42(73)15-13-39/h1,5-6,9-10,12-15,34,36-38,43-44,48-49,59,73H,7-8,11,16-33,35,55-57H2,2-3H3,(H,58,60,61,62)/t43-,44-,48-,49-/m0/s1. The molecule has 4 aromatic heterocycles. The maximum absolute atomic E-state index is 14.8. The molecule has 2 fully saturated rings. The molecule has 0 radical (unpaired) electrons. The van der Waals surface area contributed by atoms with Crippen molar-refractivity contribution in [1.82, 2.24) is 59.7 Å². The van der Waals surface area contributed by atoms with Crippen LogP contribution < -0.4 is 32.3 Å². The van der Waals surface area contributed by atoms with Gasteiger partial charge in [-0.2, -0.15) is 15.0 Å². The largest absolute Gasteiger partial charge is 0.508 e. The fourth-order valence-electron chi connectivity index (χ4n) is 9.64. The van der Waals surface area contributed by atoms with Gasteiger partial charge in [0.05, 0.1) is 68.9 Å². The predicted molar refractivity (Wildman–Crippen MR) is 295 cm³/mol. The number of terminal acetylenes is 1. The fourth-order valence-corrected chi connectivity index (χ4v) is 9.64. The summed E-state index contributed by atoms with van der Waals surface area (Å²) in [6.45, 7) is 10.9. The van der Waals surface area contributed by atoms with Gasteiger partial charge < -0.3 is 66.4 Å². The monoisotopic (exact) mass is 1070 g/mol. The molecular weight excluding hydrogens is 997 g/mol. The van der Waals surface area contributed by atoms with Gasteiger partial charge in [0, 0.05) is 76.5 Å². The Labute approximate surface area is 455 Å². The molecule has 8 rings (SSSR count). The van der Waals surface area contributed by atoms with Crippen LogP contribution in [0.25, 0.3) is 10.9 Å². The van der Waals surface area contributed by atoms with Gasteiger partial charge in [-0.05, 0) is 79.8 Å². The van der Waals surface area contributed by atoms with Crippen LogP contribution in [0.5, 0.6) is 5.75 Å². The minimum Gasteiger partial charge on any atom is -0.508 e. The number of rotatable bonds is 29. The molecule has 0 spiro atoms. The van der Waals surface area contributed by atoms with Gasteiger partial charge in [0.15, 0.2) is 0 Å². The molecule has 6 aromatic rings. The number of unbranched alkanes of at least 4 members (excludes halogenated alkanes) is 1. The zero-order valence-corrected chi connectivity index (χ0v) is 44.9. The second kappa shape index (κ2) is 28.4. The van der Waals surface area contributed by atoms with Crippen molar-refractivity contribution in [2.24, 2.45) is 23.1 Å². The maximum Gasteiger partial charge on any atom is 0.248 e. The zero-order valence-electron chi connectivity index (χ0n) is 44.9. The Kier molecular flexibility index (Phi) is 20.7. The molecule has 4 atom stereocenters. The molecule has 24 nitrogen and oxygen atoms in total. The van der Waals surface area contributed by atoms with Gasteiger partial charge >= 0.3 is 0 Å². The normalized spacial score (nSPS) is 15.7. The van der Waals surface area contributed by atoms with E-state index in [-0.39, 0.29) is 30.2 Å². The molecule has 78 heavy (non-hydrogen) atoms. The lowest BCUT2D eigenvalue weighted by Gasteiger charge is -2.38. The first kappa shape index (κ1) is 56.9. The van der Waals surface area contributed by atoms with Gasteiger partial charge in [0.25, 0.3) is 0 Å². The summed E-state index contributed by atoms with van der Waals surface area (Å²) in [4.78, 5) is 55.3. The van der Waals surface area contributed by atoms with Crippen LogP contribution in [-0.4, -0.2) is 182 Å². The summed E-state index contributed by atoms with van der Waals surface area (Å²) in [5.74, 6) is 4.17. The highest BCUT2D eigenvalue weighted by molar-refractivity contribution is 5.83. The number of benzene rings is 2. The summed E-state index contributed by atoms with van der Waals surface area (Å²) < 4.78 is 19.9. The first-order chi connectivity index (χ1) is 38.0. The highest BCUT2D eigenvalue weighted by Gasteiger charge is 2.34. The van der Waals surface area contributed by atoms with Crippen LogP contribution in [0.4, 0.5) is 17.8 Å². The van der Waals surface area contributed by atoms with Gasteiger partial charge in [-0.3, -0.25) is 9.59 Å². The van der Waals surface area contributed by atoms with Crippen LogP contribution >= 0.6 is 0 Å². The Bertz CT molecular complexity index is 2820. The third-order valence-corrected chi connectivity index (χ3v) is 13.9. The van der Waals surface area contributed by atoms with Gasteiger partial charge in [-0.25, -0.2) is 9.36 Å². The molecule has 2 saturated heterocycles. The number of H-pyrrole nitrogens is 1. The van der Waals surface area contributed by atoms with Crippen LogP contribution in [0, 0.1) is 18.3 Å². The average molecular weight is 1070 g/mol. The number of phenolic OH excluding ortho intramolecular Hbond substituents is 1. The first-order valence-corrected chi connectivity index (χ1v) is 27.1. The number of anilines is 3. The number of aromatic hydroxyl groups is 1. The van der Waals surface area contributed by atoms with Gasteiger partial charge in [0.2, 0.25) is 29.7 Å². The smallest absolute Gasteiger partial charge is 0.248 e. The van der Waals surface area contributed by atoms with Gasteiger partial charge in [0.1, 0.15) is 24.4 Å². The van der Waals surface area contributed by atoms with Crippen molar-refractivity contribution in [3.8, 4) is 18.1 Å². The number of nitrogens with one attached hydrogen (secondary N) is 2. The van der Waals surface area contributed by atoms with E-state index in [0.717, 1.165) is 41.4 Å². The van der Waals surface area contributed by atoms with Gasteiger partial charge in [-0.15, -0.1) is 16.6 Å². The molecule has 0 saturated carbocycles. The summed E-state index contributed by atoms with van der Waals surface area (Å²) in [6.07, 6.45) is 12.5. The van der Waals surface area contributed by atoms with Crippen molar-refractivity contribution in [1.29, 1.82) is 0 Å². The lowest BCUT2D eigenvalue weighted by molar-refractivity contribution is -0.136. The maximum atomic E-state index is 14.8. The van der Waals surface area contributed by atoms with Crippen LogP contribution in [-0.2, 0) is 36.6 Å². The third-order valence-electron chi connectivity index (χ3n) is 13.9. The van der Waals surface area contributed by atoms with Crippen molar-refractivity contribution >= 4 is 40.6 Å². The van der Waals surface area contributed by atoms with E-state index < -0.39 is 18.1 Å². The third kappa shape index (κ3) is 15.7. The summed E-state index contributed by atoms with van der Waals surface area (Å²) >= 11 is 0. The van der Waals surface area contributed by atoms with E-state index in [1.165, 1.54) is 0 Å². The number of fused-ring (bicyclic) bond motifs is 1. The number of phenols is 1. The van der Waals surface area contributed by atoms with E-state index >= 15 is 0 Å². The highest BCUT2D eigenvalue weighted by atomic mass is 16.5. The highest BCUT2D eigenvalue weighted by Crippen LogP contribution is 2.27. The molecule has 0 aliphatic carbocycles. The van der Waals surface area contributed by atoms with Crippen molar-refractivity contribution in [2.75, 3.05) is 120 Å². The molecule has 9 N–H and O–H groups in total. The number of hydrogen-bond acceptors (Lipinski definition) is 19. The van der Waals surface area contributed by atoms with E-state index in [1.807, 2.05) is 52.4 Å². The topological polar surface area (TPSA) is 301 Å². The Hall–Kier alpha value is -7.27. The number of carbonyl (C=O) groups excluding carboxylic acids is 2. The molecule has 2 aromatic carbocycles. The predicted octanol–water partition coefficient (Wildman–Crippen LogP) is 2.78. The van der Waals surface area contributed by atoms with Gasteiger partial charge in [-0.1, -0.05) is 60.5 Å². The Morgan fingerprint density at radius 1 is 0.744 bits per heavy atom. The number of piperazine rings is 2. The number of nitrogens with two attached hydrogens (primary N) is 3. The lowest BCUT2D eigenvalue weighted by Crippen LogP contribution is -2.52. The fraction of sp³-hybridized carbons (Fsp3) is 0.537.